The molecule has 1 heterocycles. The van der Waals surface area contributed by atoms with Crippen molar-refractivity contribution >= 4 is 11.6 Å². The first-order valence-corrected chi connectivity index (χ1v) is 7.06. The zero-order chi connectivity index (χ0) is 13.9. The highest BCUT2D eigenvalue weighted by Gasteiger charge is 2.19. The Kier molecular flexibility index (Phi) is 3.50. The summed E-state index contributed by atoms with van der Waals surface area (Å²) in [5, 5.41) is 0. The molecule has 3 heteroatoms. The van der Waals surface area contributed by atoms with Crippen molar-refractivity contribution in [2.75, 3.05) is 0 Å². The van der Waals surface area contributed by atoms with Gasteiger partial charge in [-0.05, 0) is 37.3 Å². The van der Waals surface area contributed by atoms with Gasteiger partial charge in [-0.2, -0.15) is 0 Å². The van der Waals surface area contributed by atoms with E-state index in [0.29, 0.717) is 11.3 Å². The van der Waals surface area contributed by atoms with Crippen LogP contribution in [0.4, 0.5) is 0 Å². The van der Waals surface area contributed by atoms with E-state index in [-0.39, 0.29) is 18.0 Å². The zero-order valence-electron chi connectivity index (χ0n) is 11.3. The van der Waals surface area contributed by atoms with E-state index in [0.717, 1.165) is 12.8 Å². The second-order valence-electron chi connectivity index (χ2n) is 5.28. The van der Waals surface area contributed by atoms with Gasteiger partial charge in [0, 0.05) is 11.3 Å². The minimum Gasteiger partial charge on any atom is -0.356 e. The maximum absolute atomic E-state index is 12.2. The Morgan fingerprint density at radius 2 is 1.75 bits per heavy atom. The topological polar surface area (TPSA) is 49.9 Å². The van der Waals surface area contributed by atoms with Crippen molar-refractivity contribution in [3.05, 3.63) is 58.9 Å². The van der Waals surface area contributed by atoms with Crippen LogP contribution in [-0.2, 0) is 12.8 Å². The second kappa shape index (κ2) is 5.45. The molecule has 1 aliphatic rings. The van der Waals surface area contributed by atoms with Crippen molar-refractivity contribution < 1.29 is 9.59 Å². The Morgan fingerprint density at radius 1 is 1.00 bits per heavy atom. The van der Waals surface area contributed by atoms with E-state index in [1.165, 1.54) is 24.1 Å². The second-order valence-corrected chi connectivity index (χ2v) is 5.28. The first-order chi connectivity index (χ1) is 9.74. The van der Waals surface area contributed by atoms with Crippen LogP contribution in [0.5, 0.6) is 0 Å². The smallest absolute Gasteiger partial charge is 0.186 e. The molecule has 2 aromatic rings. The van der Waals surface area contributed by atoms with E-state index in [1.807, 2.05) is 24.3 Å². The third-order valence-corrected chi connectivity index (χ3v) is 3.83. The summed E-state index contributed by atoms with van der Waals surface area (Å²) in [5.41, 5.74) is 3.59. The predicted molar refractivity (Wildman–Crippen MR) is 77.2 cm³/mol. The van der Waals surface area contributed by atoms with E-state index >= 15 is 0 Å². The standard InChI is InChI=1S/C17H17NO2/c19-16(12-6-2-1-3-7-12)11-17(20)15-10-13-8-4-5-9-14(13)18-15/h1-3,6-7,10,18H,4-5,8-9,11H2. The van der Waals surface area contributed by atoms with Crippen molar-refractivity contribution in [2.24, 2.45) is 0 Å². The molecule has 3 rings (SSSR count). The van der Waals surface area contributed by atoms with Gasteiger partial charge in [0.15, 0.2) is 11.6 Å². The van der Waals surface area contributed by atoms with Gasteiger partial charge in [-0.3, -0.25) is 9.59 Å². The monoisotopic (exact) mass is 267 g/mol. The van der Waals surface area contributed by atoms with Crippen LogP contribution in [0.15, 0.2) is 36.4 Å². The average molecular weight is 267 g/mol. The van der Waals surface area contributed by atoms with Crippen LogP contribution in [0.1, 0.15) is 51.4 Å². The van der Waals surface area contributed by atoms with Crippen molar-refractivity contribution in [2.45, 2.75) is 32.1 Å². The van der Waals surface area contributed by atoms with E-state index in [9.17, 15) is 9.59 Å². The van der Waals surface area contributed by atoms with Crippen LogP contribution in [0.25, 0.3) is 0 Å². The molecule has 1 aromatic heterocycles. The average Bonchev–Trinajstić information content (AvgIpc) is 2.92. The fraction of sp³-hybridized carbons (Fsp3) is 0.294. The number of hydrogen-bond acceptors (Lipinski definition) is 2. The highest BCUT2D eigenvalue weighted by Crippen LogP contribution is 2.22. The summed E-state index contributed by atoms with van der Waals surface area (Å²) in [6, 6.07) is 10.9. The number of nitrogens with one attached hydrogen (secondary N) is 1. The molecule has 0 bridgehead atoms. The minimum atomic E-state index is -0.122. The Bertz CT molecular complexity index is 617. The predicted octanol–water partition coefficient (Wildman–Crippen LogP) is 3.35. The van der Waals surface area contributed by atoms with Gasteiger partial charge in [-0.25, -0.2) is 0 Å². The lowest BCUT2D eigenvalue weighted by molar-refractivity contribution is 0.0891. The number of H-pyrrole nitrogens is 1. The summed E-state index contributed by atoms with van der Waals surface area (Å²) < 4.78 is 0. The molecule has 0 radical (unpaired) electrons. The van der Waals surface area contributed by atoms with E-state index in [1.54, 1.807) is 12.1 Å². The number of aromatic nitrogens is 1. The molecule has 1 aliphatic carbocycles. The Hall–Kier alpha value is -2.16. The molecule has 0 saturated carbocycles. The Labute approximate surface area is 118 Å². The lowest BCUT2D eigenvalue weighted by atomic mass is 9.98. The zero-order valence-corrected chi connectivity index (χ0v) is 11.3. The van der Waals surface area contributed by atoms with Crippen LogP contribution in [-0.4, -0.2) is 16.6 Å². The van der Waals surface area contributed by atoms with Crippen molar-refractivity contribution in [3.63, 3.8) is 0 Å². The highest BCUT2D eigenvalue weighted by molar-refractivity contribution is 6.13. The number of aryl methyl sites for hydroxylation is 2. The summed E-state index contributed by atoms with van der Waals surface area (Å²) >= 11 is 0. The first-order valence-electron chi connectivity index (χ1n) is 7.06. The Morgan fingerprint density at radius 3 is 2.50 bits per heavy atom. The molecule has 0 spiro atoms. The fourth-order valence-corrected chi connectivity index (χ4v) is 2.72. The van der Waals surface area contributed by atoms with Gasteiger partial charge in [0.05, 0.1) is 12.1 Å². The van der Waals surface area contributed by atoms with Crippen LogP contribution in [0.3, 0.4) is 0 Å². The molecule has 0 unspecified atom stereocenters. The molecule has 0 fully saturated rings. The third kappa shape index (κ3) is 2.57. The molecule has 0 amide bonds. The SMILES string of the molecule is O=C(CC(=O)c1cc2c([nH]1)CCCC2)c1ccccc1. The lowest BCUT2D eigenvalue weighted by Crippen LogP contribution is -2.09. The van der Waals surface area contributed by atoms with E-state index in [2.05, 4.69) is 4.98 Å². The van der Waals surface area contributed by atoms with Crippen LogP contribution >= 0.6 is 0 Å². The fourth-order valence-electron chi connectivity index (χ4n) is 2.72. The lowest BCUT2D eigenvalue weighted by Gasteiger charge is -2.08. The molecule has 0 atom stereocenters. The van der Waals surface area contributed by atoms with Gasteiger partial charge in [-0.1, -0.05) is 30.3 Å². The van der Waals surface area contributed by atoms with Crippen LogP contribution in [0.2, 0.25) is 0 Å². The Balaban J connectivity index is 1.73. The van der Waals surface area contributed by atoms with Crippen LogP contribution < -0.4 is 0 Å². The highest BCUT2D eigenvalue weighted by atomic mass is 16.1. The van der Waals surface area contributed by atoms with Gasteiger partial charge in [0.2, 0.25) is 0 Å². The third-order valence-electron chi connectivity index (χ3n) is 3.83. The quantitative estimate of drug-likeness (QED) is 0.682. The molecular formula is C17H17NO2. The summed E-state index contributed by atoms with van der Waals surface area (Å²) in [6.07, 6.45) is 4.33. The number of benzene rings is 1. The molecule has 102 valence electrons. The number of ketones is 2. The molecule has 0 saturated heterocycles. The number of aromatic amines is 1. The number of fused-ring (bicyclic) bond motifs is 1. The molecule has 1 aromatic carbocycles. The molecule has 0 aliphatic heterocycles. The summed E-state index contributed by atoms with van der Waals surface area (Å²) in [7, 11) is 0. The van der Waals surface area contributed by atoms with Gasteiger partial charge in [0.25, 0.3) is 0 Å². The molecular weight excluding hydrogens is 250 g/mol. The summed E-state index contributed by atoms with van der Waals surface area (Å²) in [5.74, 6) is -0.239. The van der Waals surface area contributed by atoms with Gasteiger partial charge >= 0.3 is 0 Å². The maximum Gasteiger partial charge on any atom is 0.186 e. The van der Waals surface area contributed by atoms with Crippen molar-refractivity contribution in [1.82, 2.24) is 4.98 Å². The van der Waals surface area contributed by atoms with Crippen molar-refractivity contribution in [3.8, 4) is 0 Å². The molecule has 20 heavy (non-hydrogen) atoms. The maximum atomic E-state index is 12.2. The number of carbonyl (C=O) groups excluding carboxylic acids is 2. The van der Waals surface area contributed by atoms with E-state index in [4.69, 9.17) is 0 Å². The minimum absolute atomic E-state index is 0.0661. The van der Waals surface area contributed by atoms with Gasteiger partial charge in [-0.15, -0.1) is 0 Å². The summed E-state index contributed by atoms with van der Waals surface area (Å²) in [6.45, 7) is 0. The number of Topliss-reactive ketones (excluding diaryl/α,β-unsaturated/α-hetero) is 2. The largest absolute Gasteiger partial charge is 0.356 e. The number of rotatable bonds is 4. The first kappa shape index (κ1) is 12.9. The van der Waals surface area contributed by atoms with Crippen LogP contribution in [0, 0.1) is 0 Å². The summed E-state index contributed by atoms with van der Waals surface area (Å²) in [4.78, 5) is 27.4. The van der Waals surface area contributed by atoms with Gasteiger partial charge < -0.3 is 4.98 Å². The number of hydrogen-bond donors (Lipinski definition) is 1. The molecule has 3 nitrogen and oxygen atoms in total. The van der Waals surface area contributed by atoms with E-state index < -0.39 is 0 Å². The molecule has 1 N–H and O–H groups in total. The normalized spacial score (nSPS) is 13.8. The van der Waals surface area contributed by atoms with Crippen molar-refractivity contribution in [1.29, 1.82) is 0 Å². The van der Waals surface area contributed by atoms with Gasteiger partial charge in [0.1, 0.15) is 0 Å². The number of carbonyl (C=O) groups is 2.